The van der Waals surface area contributed by atoms with Gasteiger partial charge in [0.05, 0.1) is 12.6 Å². The van der Waals surface area contributed by atoms with Crippen LogP contribution in [-0.4, -0.2) is 21.9 Å². The molecule has 6 heteroatoms. The van der Waals surface area contributed by atoms with Crippen LogP contribution in [0.15, 0.2) is 83.4 Å². The number of halogens is 1. The quantitative estimate of drug-likeness (QED) is 0.463. The second kappa shape index (κ2) is 8.48. The van der Waals surface area contributed by atoms with Crippen molar-refractivity contribution in [1.29, 1.82) is 0 Å². The molecule has 1 amide bonds. The first-order valence-corrected chi connectivity index (χ1v) is 10.7. The molecular formula is C26H24FN3O2. The predicted molar refractivity (Wildman–Crippen MR) is 121 cm³/mol. The summed E-state index contributed by atoms with van der Waals surface area (Å²) < 4.78 is 22.8. The largest absolute Gasteiger partial charge is 0.455 e. The number of carbonyl (C=O) groups excluding carboxylic acids is 1. The van der Waals surface area contributed by atoms with Gasteiger partial charge >= 0.3 is 0 Å². The number of furan rings is 1. The number of nitrogens with one attached hydrogen (secondary N) is 1. The maximum atomic E-state index is 14.7. The molecule has 0 bridgehead atoms. The molecule has 1 aliphatic heterocycles. The van der Waals surface area contributed by atoms with Crippen LogP contribution in [-0.2, 0) is 13.1 Å². The van der Waals surface area contributed by atoms with E-state index in [-0.39, 0.29) is 23.5 Å². The molecule has 0 aliphatic carbocycles. The molecule has 5 rings (SSSR count). The maximum absolute atomic E-state index is 14.7. The van der Waals surface area contributed by atoms with Crippen molar-refractivity contribution in [3.05, 3.63) is 113 Å². The second-order valence-corrected chi connectivity index (χ2v) is 8.11. The fourth-order valence-corrected chi connectivity index (χ4v) is 4.27. The third-order valence-electron chi connectivity index (χ3n) is 5.89. The molecule has 1 N–H and O–H groups in total. The zero-order valence-electron chi connectivity index (χ0n) is 17.8. The van der Waals surface area contributed by atoms with Crippen molar-refractivity contribution in [3.63, 3.8) is 0 Å². The van der Waals surface area contributed by atoms with E-state index in [4.69, 9.17) is 4.42 Å². The maximum Gasteiger partial charge on any atom is 0.291 e. The van der Waals surface area contributed by atoms with E-state index in [0.29, 0.717) is 17.9 Å². The van der Waals surface area contributed by atoms with Crippen LogP contribution in [0.3, 0.4) is 0 Å². The van der Waals surface area contributed by atoms with Crippen LogP contribution in [0, 0.1) is 12.7 Å². The zero-order valence-corrected chi connectivity index (χ0v) is 17.8. The standard InChI is InChI=1S/C26H24FN3O2/c1-18-8-10-19(11-9-18)28-26(31)24-13-12-20(32-24)17-30-16-15-29-14-4-7-23(29)25(30)21-5-2-3-6-22(21)27/h2-14,25H,15-17H2,1H3,(H,28,31). The Hall–Kier alpha value is -3.64. The molecule has 0 spiro atoms. The number of anilines is 1. The Labute approximate surface area is 186 Å². The van der Waals surface area contributed by atoms with Crippen molar-refractivity contribution in [1.82, 2.24) is 9.47 Å². The van der Waals surface area contributed by atoms with Crippen LogP contribution in [0.1, 0.15) is 39.2 Å². The molecule has 2 aromatic heterocycles. The van der Waals surface area contributed by atoms with Gasteiger partial charge in [-0.2, -0.15) is 0 Å². The van der Waals surface area contributed by atoms with E-state index in [2.05, 4.69) is 14.8 Å². The van der Waals surface area contributed by atoms with Crippen LogP contribution in [0.25, 0.3) is 0 Å². The molecule has 1 aliphatic rings. The Kier molecular flexibility index (Phi) is 5.37. The third kappa shape index (κ3) is 3.97. The number of fused-ring (bicyclic) bond motifs is 1. The molecule has 32 heavy (non-hydrogen) atoms. The lowest BCUT2D eigenvalue weighted by atomic mass is 9.99. The van der Waals surface area contributed by atoms with E-state index >= 15 is 0 Å². The highest BCUT2D eigenvalue weighted by Gasteiger charge is 2.31. The highest BCUT2D eigenvalue weighted by Crippen LogP contribution is 2.35. The van der Waals surface area contributed by atoms with Crippen molar-refractivity contribution in [2.45, 2.75) is 26.1 Å². The molecule has 2 aromatic carbocycles. The molecule has 0 saturated heterocycles. The summed E-state index contributed by atoms with van der Waals surface area (Å²) in [7, 11) is 0. The fourth-order valence-electron chi connectivity index (χ4n) is 4.27. The van der Waals surface area contributed by atoms with Crippen LogP contribution in [0.4, 0.5) is 10.1 Å². The third-order valence-corrected chi connectivity index (χ3v) is 5.89. The number of hydrogen-bond donors (Lipinski definition) is 1. The minimum absolute atomic E-state index is 0.227. The molecule has 0 radical (unpaired) electrons. The molecule has 5 nitrogen and oxygen atoms in total. The number of benzene rings is 2. The molecule has 162 valence electrons. The van der Waals surface area contributed by atoms with Gasteiger partial charge in [0.15, 0.2) is 5.76 Å². The lowest BCUT2D eigenvalue weighted by molar-refractivity contribution is 0.0989. The number of carbonyl (C=O) groups is 1. The summed E-state index contributed by atoms with van der Waals surface area (Å²) in [6, 6.07) is 21.8. The smallest absolute Gasteiger partial charge is 0.291 e. The monoisotopic (exact) mass is 429 g/mol. The lowest BCUT2D eigenvalue weighted by Gasteiger charge is -2.37. The van der Waals surface area contributed by atoms with Gasteiger partial charge in [-0.15, -0.1) is 0 Å². The minimum atomic E-state index is -0.293. The first kappa shape index (κ1) is 20.3. The van der Waals surface area contributed by atoms with E-state index in [1.807, 2.05) is 67.7 Å². The number of aromatic nitrogens is 1. The van der Waals surface area contributed by atoms with Crippen molar-refractivity contribution >= 4 is 11.6 Å². The van der Waals surface area contributed by atoms with E-state index in [1.165, 1.54) is 6.07 Å². The molecular weight excluding hydrogens is 405 g/mol. The molecule has 4 aromatic rings. The summed E-state index contributed by atoms with van der Waals surface area (Å²) in [5.41, 5.74) is 3.52. The van der Waals surface area contributed by atoms with E-state index in [9.17, 15) is 9.18 Å². The number of aryl methyl sites for hydroxylation is 1. The number of rotatable bonds is 5. The predicted octanol–water partition coefficient (Wildman–Crippen LogP) is 5.39. The van der Waals surface area contributed by atoms with Gasteiger partial charge in [0.2, 0.25) is 0 Å². The van der Waals surface area contributed by atoms with Crippen molar-refractivity contribution in [3.8, 4) is 0 Å². The Morgan fingerprint density at radius 1 is 1.03 bits per heavy atom. The highest BCUT2D eigenvalue weighted by atomic mass is 19.1. The van der Waals surface area contributed by atoms with Gasteiger partial charge in [0.25, 0.3) is 5.91 Å². The Morgan fingerprint density at radius 2 is 1.84 bits per heavy atom. The van der Waals surface area contributed by atoms with E-state index < -0.39 is 0 Å². The van der Waals surface area contributed by atoms with Gasteiger partial charge in [-0.3, -0.25) is 9.69 Å². The minimum Gasteiger partial charge on any atom is -0.455 e. The topological polar surface area (TPSA) is 50.4 Å². The second-order valence-electron chi connectivity index (χ2n) is 8.11. The number of hydrogen-bond acceptors (Lipinski definition) is 3. The summed E-state index contributed by atoms with van der Waals surface area (Å²) in [5.74, 6) is 0.400. The van der Waals surface area contributed by atoms with Crippen LogP contribution >= 0.6 is 0 Å². The fraction of sp³-hybridized carbons (Fsp3) is 0.192. The van der Waals surface area contributed by atoms with Crippen molar-refractivity contribution in [2.75, 3.05) is 11.9 Å². The first-order valence-electron chi connectivity index (χ1n) is 10.7. The summed E-state index contributed by atoms with van der Waals surface area (Å²) >= 11 is 0. The van der Waals surface area contributed by atoms with Crippen molar-refractivity contribution in [2.24, 2.45) is 0 Å². The summed E-state index contributed by atoms with van der Waals surface area (Å²) in [5, 5.41) is 2.85. The highest BCUT2D eigenvalue weighted by molar-refractivity contribution is 6.02. The number of amides is 1. The average Bonchev–Trinajstić information content (AvgIpc) is 3.46. The summed E-state index contributed by atoms with van der Waals surface area (Å²) in [6.45, 7) is 4.03. The van der Waals surface area contributed by atoms with Gasteiger partial charge in [0, 0.05) is 36.2 Å². The zero-order chi connectivity index (χ0) is 22.1. The molecule has 3 heterocycles. The average molecular weight is 429 g/mol. The SMILES string of the molecule is Cc1ccc(NC(=O)c2ccc(CN3CCn4cccc4C3c3ccccc3F)o2)cc1. The molecule has 0 saturated carbocycles. The van der Waals surface area contributed by atoms with Gasteiger partial charge in [-0.25, -0.2) is 4.39 Å². The van der Waals surface area contributed by atoms with Gasteiger partial charge < -0.3 is 14.3 Å². The molecule has 1 atom stereocenters. The van der Waals surface area contributed by atoms with Crippen LogP contribution in [0.2, 0.25) is 0 Å². The van der Waals surface area contributed by atoms with Crippen LogP contribution in [0.5, 0.6) is 0 Å². The van der Waals surface area contributed by atoms with Gasteiger partial charge in [-0.05, 0) is 49.4 Å². The first-order chi connectivity index (χ1) is 15.6. The van der Waals surface area contributed by atoms with E-state index in [0.717, 1.165) is 30.0 Å². The normalized spacial score (nSPS) is 16.0. The molecule has 0 fully saturated rings. The van der Waals surface area contributed by atoms with Gasteiger partial charge in [-0.1, -0.05) is 35.9 Å². The Bertz CT molecular complexity index is 1240. The summed E-state index contributed by atoms with van der Waals surface area (Å²) in [6.07, 6.45) is 2.03. The Balaban J connectivity index is 1.36. The van der Waals surface area contributed by atoms with Crippen molar-refractivity contribution < 1.29 is 13.6 Å². The molecule has 1 unspecified atom stereocenters. The number of nitrogens with zero attached hydrogens (tertiary/aromatic N) is 2. The van der Waals surface area contributed by atoms with Gasteiger partial charge in [0.1, 0.15) is 11.6 Å². The Morgan fingerprint density at radius 3 is 2.66 bits per heavy atom. The van der Waals surface area contributed by atoms with Crippen LogP contribution < -0.4 is 5.32 Å². The van der Waals surface area contributed by atoms with E-state index in [1.54, 1.807) is 12.1 Å². The lowest BCUT2D eigenvalue weighted by Crippen LogP contribution is -2.38. The summed E-state index contributed by atoms with van der Waals surface area (Å²) in [4.78, 5) is 14.8.